The molecule has 0 N–H and O–H groups in total. The first kappa shape index (κ1) is 13.4. The van der Waals surface area contributed by atoms with E-state index in [0.29, 0.717) is 0 Å². The van der Waals surface area contributed by atoms with Crippen LogP contribution < -0.4 is 0 Å². The second-order valence-corrected chi connectivity index (χ2v) is 6.13. The summed E-state index contributed by atoms with van der Waals surface area (Å²) in [6.45, 7) is 2.66. The number of rotatable bonds is 1. The number of hydrogen-bond donors (Lipinski definition) is 0. The fourth-order valence-electron chi connectivity index (χ4n) is 3.57. The average Bonchev–Trinajstić information content (AvgIpc) is 2.87. The molecule has 1 aliphatic heterocycles. The maximum Gasteiger partial charge on any atom is 0.180 e. The maximum atomic E-state index is 13.5. The van der Waals surface area contributed by atoms with Gasteiger partial charge in [-0.3, -0.25) is 9.98 Å². The molecule has 0 amide bonds. The van der Waals surface area contributed by atoms with Crippen molar-refractivity contribution in [2.24, 2.45) is 4.99 Å². The molecule has 1 atom stereocenters. The number of nitrogens with zero attached hydrogens (tertiary/aromatic N) is 2. The zero-order valence-corrected chi connectivity index (χ0v) is 12.5. The number of halogens is 1. The Morgan fingerprint density at radius 2 is 2.18 bits per heavy atom. The minimum absolute atomic E-state index is 0.171. The predicted molar refractivity (Wildman–Crippen MR) is 83.4 cm³/mol. The minimum Gasteiger partial charge on any atom is -0.472 e. The van der Waals surface area contributed by atoms with Crippen molar-refractivity contribution < 1.29 is 9.13 Å². The Morgan fingerprint density at radius 3 is 2.95 bits per heavy atom. The normalized spacial score (nSPS) is 23.1. The SMILES string of the molecule is CC1=NC[C@]2(CCc3c(cccc3-c3cncc(F)c3)C2)O1. The molecule has 1 aromatic heterocycles. The monoisotopic (exact) mass is 296 g/mol. The van der Waals surface area contributed by atoms with Crippen LogP contribution in [0.15, 0.2) is 41.7 Å². The van der Waals surface area contributed by atoms with Gasteiger partial charge in [-0.1, -0.05) is 18.2 Å². The number of ether oxygens (including phenoxy) is 1. The van der Waals surface area contributed by atoms with Gasteiger partial charge in [0.25, 0.3) is 0 Å². The van der Waals surface area contributed by atoms with E-state index in [4.69, 9.17) is 4.74 Å². The largest absolute Gasteiger partial charge is 0.472 e. The summed E-state index contributed by atoms with van der Waals surface area (Å²) in [6.07, 6.45) is 5.69. The lowest BCUT2D eigenvalue weighted by atomic mass is 9.78. The van der Waals surface area contributed by atoms with Crippen LogP contribution in [0.25, 0.3) is 11.1 Å². The third kappa shape index (κ3) is 2.19. The van der Waals surface area contributed by atoms with Gasteiger partial charge in [-0.15, -0.1) is 0 Å². The van der Waals surface area contributed by atoms with Crippen LogP contribution in [0.5, 0.6) is 0 Å². The molecule has 2 heterocycles. The van der Waals surface area contributed by atoms with E-state index in [1.165, 1.54) is 17.3 Å². The lowest BCUT2D eigenvalue weighted by Crippen LogP contribution is -2.39. The van der Waals surface area contributed by atoms with Gasteiger partial charge in [0, 0.05) is 25.1 Å². The predicted octanol–water partition coefficient (Wildman–Crippen LogP) is 3.56. The maximum absolute atomic E-state index is 13.5. The molecule has 1 spiro atoms. The Balaban J connectivity index is 1.73. The van der Waals surface area contributed by atoms with Crippen LogP contribution in [0.1, 0.15) is 24.5 Å². The van der Waals surface area contributed by atoms with E-state index in [1.807, 2.05) is 19.1 Å². The van der Waals surface area contributed by atoms with Gasteiger partial charge >= 0.3 is 0 Å². The van der Waals surface area contributed by atoms with Crippen LogP contribution in [-0.2, 0) is 17.6 Å². The summed E-state index contributed by atoms with van der Waals surface area (Å²) in [6, 6.07) is 7.76. The fraction of sp³-hybridized carbons (Fsp3) is 0.333. The molecule has 0 bridgehead atoms. The summed E-state index contributed by atoms with van der Waals surface area (Å²) in [7, 11) is 0. The standard InChI is InChI=1S/C18H17FN2O/c1-12-21-11-18(22-12)6-5-17-13(8-18)3-2-4-16(17)14-7-15(19)10-20-9-14/h2-4,7,9-10H,5-6,8,11H2,1H3/t18-/m1/s1. The summed E-state index contributed by atoms with van der Waals surface area (Å²) in [5.41, 5.74) is 4.31. The molecule has 0 saturated heterocycles. The van der Waals surface area contributed by atoms with Gasteiger partial charge < -0.3 is 4.74 Å². The Kier molecular flexibility index (Phi) is 2.99. The van der Waals surface area contributed by atoms with E-state index < -0.39 is 0 Å². The zero-order chi connectivity index (χ0) is 15.2. The minimum atomic E-state index is -0.300. The molecule has 3 nitrogen and oxygen atoms in total. The van der Waals surface area contributed by atoms with Crippen LogP contribution in [0.2, 0.25) is 0 Å². The molecule has 2 aromatic rings. The number of aromatic nitrogens is 1. The summed E-state index contributed by atoms with van der Waals surface area (Å²) in [4.78, 5) is 8.39. The van der Waals surface area contributed by atoms with Gasteiger partial charge in [0.2, 0.25) is 0 Å². The van der Waals surface area contributed by atoms with E-state index in [9.17, 15) is 4.39 Å². The van der Waals surface area contributed by atoms with E-state index in [-0.39, 0.29) is 11.4 Å². The smallest absolute Gasteiger partial charge is 0.180 e. The van der Waals surface area contributed by atoms with Crippen molar-refractivity contribution in [1.29, 1.82) is 0 Å². The highest BCUT2D eigenvalue weighted by molar-refractivity contribution is 5.76. The quantitative estimate of drug-likeness (QED) is 0.806. The molecule has 0 unspecified atom stereocenters. The fourth-order valence-corrected chi connectivity index (χ4v) is 3.57. The van der Waals surface area contributed by atoms with Crippen molar-refractivity contribution in [3.8, 4) is 11.1 Å². The molecule has 2 aliphatic rings. The number of benzene rings is 1. The van der Waals surface area contributed by atoms with E-state index in [2.05, 4.69) is 16.0 Å². The van der Waals surface area contributed by atoms with E-state index >= 15 is 0 Å². The lowest BCUT2D eigenvalue weighted by molar-refractivity contribution is 0.0713. The van der Waals surface area contributed by atoms with Crippen molar-refractivity contribution in [2.75, 3.05) is 6.54 Å². The second-order valence-electron chi connectivity index (χ2n) is 6.13. The Hall–Kier alpha value is -2.23. The Morgan fingerprint density at radius 1 is 1.27 bits per heavy atom. The first-order chi connectivity index (χ1) is 10.7. The first-order valence-corrected chi connectivity index (χ1v) is 7.57. The average molecular weight is 296 g/mol. The molecule has 4 rings (SSSR count). The van der Waals surface area contributed by atoms with Crippen molar-refractivity contribution in [2.45, 2.75) is 31.8 Å². The third-order valence-electron chi connectivity index (χ3n) is 4.59. The Labute approximate surface area is 128 Å². The highest BCUT2D eigenvalue weighted by Crippen LogP contribution is 2.38. The molecule has 0 fully saturated rings. The molecule has 0 radical (unpaired) electrons. The van der Waals surface area contributed by atoms with Crippen LogP contribution in [0.4, 0.5) is 4.39 Å². The summed E-state index contributed by atoms with van der Waals surface area (Å²) in [5, 5.41) is 0. The van der Waals surface area contributed by atoms with Gasteiger partial charge in [0.1, 0.15) is 11.4 Å². The van der Waals surface area contributed by atoms with Crippen LogP contribution >= 0.6 is 0 Å². The number of pyridine rings is 1. The molecule has 0 saturated carbocycles. The third-order valence-corrected chi connectivity index (χ3v) is 4.59. The summed E-state index contributed by atoms with van der Waals surface area (Å²) in [5.74, 6) is 0.486. The van der Waals surface area contributed by atoms with E-state index in [0.717, 1.165) is 42.8 Å². The second kappa shape index (κ2) is 4.90. The highest BCUT2D eigenvalue weighted by atomic mass is 19.1. The van der Waals surface area contributed by atoms with Crippen LogP contribution in [0, 0.1) is 5.82 Å². The van der Waals surface area contributed by atoms with Crippen LogP contribution in [0.3, 0.4) is 0 Å². The Bertz CT molecular complexity index is 771. The van der Waals surface area contributed by atoms with Gasteiger partial charge in [-0.2, -0.15) is 0 Å². The molecule has 1 aliphatic carbocycles. The van der Waals surface area contributed by atoms with Crippen molar-refractivity contribution >= 4 is 5.90 Å². The van der Waals surface area contributed by atoms with Crippen molar-refractivity contribution in [3.05, 3.63) is 53.6 Å². The molecular formula is C18H17FN2O. The van der Waals surface area contributed by atoms with Gasteiger partial charge in [-0.25, -0.2) is 4.39 Å². The molecule has 112 valence electrons. The topological polar surface area (TPSA) is 34.5 Å². The first-order valence-electron chi connectivity index (χ1n) is 7.57. The van der Waals surface area contributed by atoms with E-state index in [1.54, 1.807) is 12.3 Å². The van der Waals surface area contributed by atoms with Crippen molar-refractivity contribution in [1.82, 2.24) is 4.98 Å². The van der Waals surface area contributed by atoms with Crippen molar-refractivity contribution in [3.63, 3.8) is 0 Å². The zero-order valence-electron chi connectivity index (χ0n) is 12.5. The van der Waals surface area contributed by atoms with Crippen LogP contribution in [-0.4, -0.2) is 23.0 Å². The number of fused-ring (bicyclic) bond motifs is 1. The van der Waals surface area contributed by atoms with Gasteiger partial charge in [0.05, 0.1) is 12.7 Å². The lowest BCUT2D eigenvalue weighted by Gasteiger charge is -2.34. The number of hydrogen-bond acceptors (Lipinski definition) is 3. The molecular weight excluding hydrogens is 279 g/mol. The molecule has 22 heavy (non-hydrogen) atoms. The molecule has 1 aromatic carbocycles. The molecule has 4 heteroatoms. The number of aliphatic imine (C=N–C) groups is 1. The van der Waals surface area contributed by atoms with Gasteiger partial charge in [0.15, 0.2) is 5.90 Å². The summed E-state index contributed by atoms with van der Waals surface area (Å²) >= 11 is 0. The van der Waals surface area contributed by atoms with Gasteiger partial charge in [-0.05, 0) is 35.6 Å². The summed E-state index contributed by atoms with van der Waals surface area (Å²) < 4.78 is 19.5. The highest BCUT2D eigenvalue weighted by Gasteiger charge is 2.40.